The van der Waals surface area contributed by atoms with Gasteiger partial charge in [-0.2, -0.15) is 18.4 Å². The molecule has 0 saturated carbocycles. The Bertz CT molecular complexity index is 1460. The highest BCUT2D eigenvalue weighted by Crippen LogP contribution is 2.38. The average Bonchev–Trinajstić information content (AvgIpc) is 3.34. The molecule has 0 radical (unpaired) electrons. The summed E-state index contributed by atoms with van der Waals surface area (Å²) in [6.07, 6.45) is -3.97. The second kappa shape index (κ2) is 10.1. The number of aromatic nitrogens is 2. The molecule has 0 bridgehead atoms. The van der Waals surface area contributed by atoms with Crippen molar-refractivity contribution in [3.63, 3.8) is 0 Å². The van der Waals surface area contributed by atoms with Gasteiger partial charge in [0.25, 0.3) is 0 Å². The van der Waals surface area contributed by atoms with Crippen molar-refractivity contribution >= 4 is 21.6 Å². The number of rotatable bonds is 6. The fraction of sp³-hybridized carbons (Fsp3) is 0.250. The molecule has 1 amide bonds. The normalized spacial score (nSPS) is 17.9. The first-order chi connectivity index (χ1) is 17.5. The van der Waals surface area contributed by atoms with Crippen molar-refractivity contribution in [3.05, 3.63) is 83.6 Å². The van der Waals surface area contributed by atoms with Gasteiger partial charge in [-0.25, -0.2) is 22.8 Å². The molecule has 2 atom stereocenters. The quantitative estimate of drug-likeness (QED) is 0.484. The summed E-state index contributed by atoms with van der Waals surface area (Å²) in [7, 11) is -4.54. The molecule has 1 fully saturated rings. The molecular weight excluding hydrogens is 514 g/mol. The Morgan fingerprint density at radius 3 is 2.51 bits per heavy atom. The van der Waals surface area contributed by atoms with E-state index < -0.39 is 49.5 Å². The Morgan fingerprint density at radius 2 is 1.84 bits per heavy atom. The molecule has 1 N–H and O–H groups in total. The lowest BCUT2D eigenvalue weighted by Crippen LogP contribution is -2.43. The zero-order valence-electron chi connectivity index (χ0n) is 19.0. The number of nitrogens with one attached hydrogen (secondary N) is 1. The number of nitriles is 1. The van der Waals surface area contributed by atoms with Gasteiger partial charge in [0.2, 0.25) is 11.7 Å². The van der Waals surface area contributed by atoms with Crippen LogP contribution in [0.15, 0.2) is 65.7 Å². The van der Waals surface area contributed by atoms with E-state index in [0.29, 0.717) is 11.6 Å². The molecule has 1 unspecified atom stereocenters. The smallest absolute Gasteiger partial charge is 0.350 e. The summed E-state index contributed by atoms with van der Waals surface area (Å²) in [5.41, 5.74) is -0.712. The van der Waals surface area contributed by atoms with Gasteiger partial charge in [-0.15, -0.1) is 0 Å². The maximum atomic E-state index is 13.6. The van der Waals surface area contributed by atoms with Crippen LogP contribution < -0.4 is 10.2 Å². The lowest BCUT2D eigenvalue weighted by atomic mass is 10.2. The summed E-state index contributed by atoms with van der Waals surface area (Å²) < 4.78 is 80.7. The number of carbonyl (C=O) groups is 1. The number of hydrogen-bond acceptors (Lipinski definition) is 7. The van der Waals surface area contributed by atoms with E-state index in [1.54, 1.807) is 6.07 Å². The Labute approximate surface area is 209 Å². The van der Waals surface area contributed by atoms with Crippen LogP contribution in [0.1, 0.15) is 23.4 Å². The first-order valence-electron chi connectivity index (χ1n) is 10.9. The van der Waals surface area contributed by atoms with Crippen molar-refractivity contribution in [1.82, 2.24) is 15.3 Å². The minimum absolute atomic E-state index is 0.00496. The second-order valence-corrected chi connectivity index (χ2v) is 10.5. The Balaban J connectivity index is 1.66. The lowest BCUT2D eigenvalue weighted by Gasteiger charge is -2.24. The maximum Gasteiger partial charge on any atom is 0.417 e. The molecule has 13 heteroatoms. The standard InChI is InChI=1S/C24H19F4N5O3S/c25-16-7-5-15(6-8-16)13-31-23(34)19-11-17(14-33(19)22-9-10-30-21(12-29)32-22)37(35,36)20-4-2-1-3-18(20)24(26,27)28/h1-10,17,19H,11,13-14H2,(H,31,34)/t17-,19?/m0/s1. The highest BCUT2D eigenvalue weighted by atomic mass is 32.2. The number of benzene rings is 2. The van der Waals surface area contributed by atoms with Crippen molar-refractivity contribution in [3.8, 4) is 6.07 Å². The molecule has 2 aromatic carbocycles. The third-order valence-corrected chi connectivity index (χ3v) is 8.11. The number of sulfone groups is 1. The van der Waals surface area contributed by atoms with Gasteiger partial charge in [0.15, 0.2) is 9.84 Å². The number of hydrogen-bond donors (Lipinski definition) is 1. The van der Waals surface area contributed by atoms with Crippen molar-refractivity contribution in [1.29, 1.82) is 5.26 Å². The van der Waals surface area contributed by atoms with Crippen LogP contribution in [0.4, 0.5) is 23.4 Å². The fourth-order valence-corrected chi connectivity index (χ4v) is 6.03. The molecule has 2 heterocycles. The summed E-state index contributed by atoms with van der Waals surface area (Å²) >= 11 is 0. The van der Waals surface area contributed by atoms with Crippen LogP contribution in [-0.2, 0) is 27.4 Å². The monoisotopic (exact) mass is 533 g/mol. The zero-order chi connectivity index (χ0) is 26.8. The number of nitrogens with zero attached hydrogens (tertiary/aromatic N) is 4. The molecular formula is C24H19F4N5O3S. The van der Waals surface area contributed by atoms with Crippen LogP contribution in [0, 0.1) is 17.1 Å². The summed E-state index contributed by atoms with van der Waals surface area (Å²) in [5, 5.41) is 10.4. The van der Waals surface area contributed by atoms with Crippen LogP contribution in [0.5, 0.6) is 0 Å². The highest BCUT2D eigenvalue weighted by Gasteiger charge is 2.46. The van der Waals surface area contributed by atoms with Crippen molar-refractivity contribution < 1.29 is 30.8 Å². The second-order valence-electron chi connectivity index (χ2n) is 8.26. The number of carbonyl (C=O) groups excluding carboxylic acids is 1. The predicted octanol–water partition coefficient (Wildman–Crippen LogP) is 3.24. The molecule has 1 aliphatic heterocycles. The first-order valence-corrected chi connectivity index (χ1v) is 12.5. The van der Waals surface area contributed by atoms with Crippen molar-refractivity contribution in [2.45, 2.75) is 35.3 Å². The van der Waals surface area contributed by atoms with E-state index in [1.165, 1.54) is 47.5 Å². The third kappa shape index (κ3) is 5.54. The van der Waals surface area contributed by atoms with Gasteiger partial charge < -0.3 is 10.2 Å². The molecule has 8 nitrogen and oxygen atoms in total. The maximum absolute atomic E-state index is 13.6. The molecule has 1 aliphatic rings. The SMILES string of the molecule is N#Cc1nccc(N2C[C@@H](S(=O)(=O)c3ccccc3C(F)(F)F)CC2C(=O)NCc2ccc(F)cc2)n1. The lowest BCUT2D eigenvalue weighted by molar-refractivity contribution is -0.139. The number of halogens is 4. The van der Waals surface area contributed by atoms with Crippen molar-refractivity contribution in [2.75, 3.05) is 11.4 Å². The van der Waals surface area contributed by atoms with Crippen LogP contribution in [-0.4, -0.2) is 42.1 Å². The van der Waals surface area contributed by atoms with E-state index in [9.17, 15) is 30.8 Å². The largest absolute Gasteiger partial charge is 0.417 e. The van der Waals surface area contributed by atoms with Crippen molar-refractivity contribution in [2.24, 2.45) is 0 Å². The Kier molecular flexibility index (Phi) is 7.13. The molecule has 1 aromatic heterocycles. The Hall–Kier alpha value is -4.05. The topological polar surface area (TPSA) is 116 Å². The van der Waals surface area contributed by atoms with Gasteiger partial charge >= 0.3 is 6.18 Å². The summed E-state index contributed by atoms with van der Waals surface area (Å²) in [6, 6.07) is 11.2. The molecule has 37 heavy (non-hydrogen) atoms. The first kappa shape index (κ1) is 26.0. The number of amides is 1. The molecule has 1 saturated heterocycles. The van der Waals surface area contributed by atoms with Gasteiger partial charge in [0.1, 0.15) is 23.7 Å². The molecule has 4 rings (SSSR count). The molecule has 3 aromatic rings. The van der Waals surface area contributed by atoms with Gasteiger partial charge in [0.05, 0.1) is 15.7 Å². The zero-order valence-corrected chi connectivity index (χ0v) is 19.8. The van der Waals surface area contributed by atoms with E-state index in [4.69, 9.17) is 5.26 Å². The summed E-state index contributed by atoms with van der Waals surface area (Å²) in [5.74, 6) is -1.21. The van der Waals surface area contributed by atoms with Crippen LogP contribution in [0.3, 0.4) is 0 Å². The number of anilines is 1. The van der Waals surface area contributed by atoms with Gasteiger partial charge in [-0.1, -0.05) is 24.3 Å². The predicted molar refractivity (Wildman–Crippen MR) is 123 cm³/mol. The molecule has 192 valence electrons. The minimum atomic E-state index is -4.90. The van der Waals surface area contributed by atoms with Gasteiger partial charge in [-0.05, 0) is 42.3 Å². The van der Waals surface area contributed by atoms with E-state index in [-0.39, 0.29) is 31.2 Å². The van der Waals surface area contributed by atoms with E-state index in [1.807, 2.05) is 0 Å². The number of alkyl halides is 3. The van der Waals surface area contributed by atoms with E-state index >= 15 is 0 Å². The third-order valence-electron chi connectivity index (χ3n) is 5.92. The fourth-order valence-electron chi connectivity index (χ4n) is 4.12. The molecule has 0 aliphatic carbocycles. The van der Waals surface area contributed by atoms with Gasteiger partial charge in [0, 0.05) is 19.3 Å². The van der Waals surface area contributed by atoms with Crippen LogP contribution in [0.25, 0.3) is 0 Å². The van der Waals surface area contributed by atoms with E-state index in [2.05, 4.69) is 15.3 Å². The molecule has 0 spiro atoms. The van der Waals surface area contributed by atoms with Gasteiger partial charge in [-0.3, -0.25) is 4.79 Å². The summed E-state index contributed by atoms with van der Waals surface area (Å²) in [6.45, 7) is -0.337. The highest BCUT2D eigenvalue weighted by molar-refractivity contribution is 7.92. The average molecular weight is 534 g/mol. The van der Waals surface area contributed by atoms with E-state index in [0.717, 1.165) is 12.1 Å². The minimum Gasteiger partial charge on any atom is -0.350 e. The van der Waals surface area contributed by atoms with Crippen LogP contribution >= 0.6 is 0 Å². The Morgan fingerprint density at radius 1 is 1.14 bits per heavy atom. The van der Waals surface area contributed by atoms with Crippen LogP contribution in [0.2, 0.25) is 0 Å². The summed E-state index contributed by atoms with van der Waals surface area (Å²) in [4.78, 5) is 21.4.